The number of aliphatic hydroxyl groups excluding tert-OH is 4. The zero-order valence-electron chi connectivity index (χ0n) is 30.7. The second kappa shape index (κ2) is 31.0. The van der Waals surface area contributed by atoms with Crippen LogP contribution in [-0.2, 0) is 28.5 Å². The van der Waals surface area contributed by atoms with Gasteiger partial charge in [-0.1, -0.05) is 148 Å². The van der Waals surface area contributed by atoms with E-state index in [-0.39, 0.29) is 19.6 Å². The summed E-state index contributed by atoms with van der Waals surface area (Å²) in [6, 6.07) is 0. The molecule has 4 N–H and O–H groups in total. The molecule has 1 aliphatic rings. The lowest BCUT2D eigenvalue weighted by molar-refractivity contribution is -0.305. The fraction of sp³-hybridized carbons (Fsp3) is 0.846. The molecule has 0 saturated carbocycles. The van der Waals surface area contributed by atoms with Gasteiger partial charge in [-0.15, -0.1) is 0 Å². The highest BCUT2D eigenvalue weighted by Crippen LogP contribution is 2.22. The van der Waals surface area contributed by atoms with Crippen LogP contribution >= 0.6 is 0 Å². The van der Waals surface area contributed by atoms with Gasteiger partial charge in [-0.05, 0) is 19.3 Å². The van der Waals surface area contributed by atoms with Crippen LogP contribution in [0.5, 0.6) is 0 Å². The maximum Gasteiger partial charge on any atom is 0.331 e. The zero-order valence-corrected chi connectivity index (χ0v) is 30.7. The number of carbonyl (C=O) groups is 2. The van der Waals surface area contributed by atoms with E-state index in [9.17, 15) is 30.0 Å². The normalized spacial score (nSPS) is 21.8. The lowest BCUT2D eigenvalue weighted by Gasteiger charge is -2.39. The van der Waals surface area contributed by atoms with Crippen LogP contribution in [0.3, 0.4) is 0 Å². The Morgan fingerprint density at radius 3 is 1.76 bits per heavy atom. The van der Waals surface area contributed by atoms with Gasteiger partial charge in [0.15, 0.2) is 12.4 Å². The van der Waals surface area contributed by atoms with E-state index in [4.69, 9.17) is 18.9 Å². The average molecular weight is 699 g/mol. The number of hydrogen-bond acceptors (Lipinski definition) is 10. The average Bonchev–Trinajstić information content (AvgIpc) is 3.10. The lowest BCUT2D eigenvalue weighted by atomic mass is 9.99. The van der Waals surface area contributed by atoms with Crippen LogP contribution < -0.4 is 0 Å². The van der Waals surface area contributed by atoms with Gasteiger partial charge in [0.25, 0.3) is 0 Å². The molecule has 10 heteroatoms. The van der Waals surface area contributed by atoms with Crippen molar-refractivity contribution in [2.24, 2.45) is 0 Å². The fourth-order valence-corrected chi connectivity index (χ4v) is 5.80. The van der Waals surface area contributed by atoms with Gasteiger partial charge in [0, 0.05) is 12.5 Å². The Hall–Kier alpha value is -1.82. The van der Waals surface area contributed by atoms with Crippen molar-refractivity contribution in [3.63, 3.8) is 0 Å². The van der Waals surface area contributed by atoms with E-state index >= 15 is 0 Å². The molecule has 10 nitrogen and oxygen atoms in total. The number of unbranched alkanes of at least 4 members (excludes halogenated alkanes) is 19. The number of aliphatic hydroxyl groups is 4. The maximum absolute atomic E-state index is 12.6. The monoisotopic (exact) mass is 698 g/mol. The first-order valence-corrected chi connectivity index (χ1v) is 19.5. The van der Waals surface area contributed by atoms with E-state index in [1.165, 1.54) is 102 Å². The first-order valence-electron chi connectivity index (χ1n) is 19.5. The van der Waals surface area contributed by atoms with E-state index in [0.717, 1.165) is 32.1 Å². The molecule has 1 aliphatic heterocycles. The van der Waals surface area contributed by atoms with Crippen LogP contribution in [0.4, 0.5) is 0 Å². The van der Waals surface area contributed by atoms with E-state index in [1.54, 1.807) is 6.08 Å². The van der Waals surface area contributed by atoms with E-state index in [1.807, 2.05) is 12.2 Å². The summed E-state index contributed by atoms with van der Waals surface area (Å²) in [5, 5.41) is 39.8. The Labute approximate surface area is 296 Å². The van der Waals surface area contributed by atoms with Crippen LogP contribution in [0.1, 0.15) is 155 Å². The first kappa shape index (κ1) is 45.2. The standard InChI is InChI=1S/C39H70O10/c1-3-5-7-9-11-13-14-15-16-17-18-20-22-24-26-28-35(42)48-32(31-47-39-38(45)37(44)36(43)33(29-40)49-39)30-46-34(41)27-25-23-21-19-12-10-8-6-4-2/h22,24,26,28,32-33,36-40,43-45H,3-21,23,25,27,29-31H2,1-2H3/b24-22+,28-26+/t32-,33-,36+,37?,38?,39-/m1/s1. The SMILES string of the molecule is CCCCCCCCCCCCC/C=C/C=C/C(=O)O[C@H](COC(=O)CCCCCCCCCCC)CO[C@@H]1O[C@H](CO)[C@H](O)C(O)C1O. The number of rotatable bonds is 31. The second-order valence-corrected chi connectivity index (χ2v) is 13.5. The van der Waals surface area contributed by atoms with Crippen molar-refractivity contribution in [3.05, 3.63) is 24.3 Å². The molecule has 6 atom stereocenters. The lowest BCUT2D eigenvalue weighted by Crippen LogP contribution is -2.59. The van der Waals surface area contributed by atoms with Crippen LogP contribution in [0.25, 0.3) is 0 Å². The van der Waals surface area contributed by atoms with Crippen molar-refractivity contribution in [3.8, 4) is 0 Å². The van der Waals surface area contributed by atoms with Gasteiger partial charge in [-0.25, -0.2) is 4.79 Å². The summed E-state index contributed by atoms with van der Waals surface area (Å²) in [5.74, 6) is -1.06. The number of carbonyl (C=O) groups excluding carboxylic acids is 2. The Balaban J connectivity index is 2.45. The highest BCUT2D eigenvalue weighted by atomic mass is 16.7. The predicted octanol–water partition coefficient (Wildman–Crippen LogP) is 6.99. The Morgan fingerprint density at radius 1 is 0.673 bits per heavy atom. The Bertz CT molecular complexity index is 861. The molecular formula is C39H70O10. The largest absolute Gasteiger partial charge is 0.462 e. The molecule has 1 fully saturated rings. The van der Waals surface area contributed by atoms with Crippen molar-refractivity contribution >= 4 is 11.9 Å². The minimum Gasteiger partial charge on any atom is -0.462 e. The third-order valence-electron chi connectivity index (χ3n) is 8.95. The molecule has 0 bridgehead atoms. The Morgan fingerprint density at radius 2 is 1.20 bits per heavy atom. The van der Waals surface area contributed by atoms with Crippen LogP contribution in [0.2, 0.25) is 0 Å². The third-order valence-corrected chi connectivity index (χ3v) is 8.95. The van der Waals surface area contributed by atoms with E-state index in [0.29, 0.717) is 6.42 Å². The van der Waals surface area contributed by atoms with Gasteiger partial charge in [0.2, 0.25) is 0 Å². The fourth-order valence-electron chi connectivity index (χ4n) is 5.80. The number of hydrogen-bond donors (Lipinski definition) is 4. The van der Waals surface area contributed by atoms with Crippen LogP contribution in [-0.4, -0.2) is 89.0 Å². The highest BCUT2D eigenvalue weighted by Gasteiger charge is 2.44. The second-order valence-electron chi connectivity index (χ2n) is 13.5. The molecule has 0 aromatic carbocycles. The molecule has 0 radical (unpaired) electrons. The number of allylic oxidation sites excluding steroid dienone is 3. The minimum absolute atomic E-state index is 0.258. The van der Waals surface area contributed by atoms with Gasteiger partial charge in [0.1, 0.15) is 31.0 Å². The highest BCUT2D eigenvalue weighted by molar-refractivity contribution is 5.82. The summed E-state index contributed by atoms with van der Waals surface area (Å²) in [6.45, 7) is 3.27. The predicted molar refractivity (Wildman–Crippen MR) is 192 cm³/mol. The van der Waals surface area contributed by atoms with Gasteiger partial charge in [0.05, 0.1) is 13.2 Å². The molecule has 0 aromatic heterocycles. The van der Waals surface area contributed by atoms with E-state index in [2.05, 4.69) is 13.8 Å². The molecule has 49 heavy (non-hydrogen) atoms. The number of ether oxygens (including phenoxy) is 4. The van der Waals surface area contributed by atoms with Gasteiger partial charge >= 0.3 is 11.9 Å². The molecule has 1 rings (SSSR count). The maximum atomic E-state index is 12.6. The first-order chi connectivity index (χ1) is 23.8. The number of esters is 2. The van der Waals surface area contributed by atoms with Gasteiger partial charge < -0.3 is 39.4 Å². The van der Waals surface area contributed by atoms with Gasteiger partial charge in [-0.2, -0.15) is 0 Å². The van der Waals surface area contributed by atoms with Crippen molar-refractivity contribution in [1.29, 1.82) is 0 Å². The summed E-state index contributed by atoms with van der Waals surface area (Å²) >= 11 is 0. The van der Waals surface area contributed by atoms with Crippen LogP contribution in [0.15, 0.2) is 24.3 Å². The topological polar surface area (TPSA) is 152 Å². The van der Waals surface area contributed by atoms with Crippen molar-refractivity contribution in [2.45, 2.75) is 192 Å². The minimum atomic E-state index is -1.61. The van der Waals surface area contributed by atoms with Crippen LogP contribution in [0, 0.1) is 0 Å². The van der Waals surface area contributed by atoms with Crippen molar-refractivity contribution < 1.29 is 49.0 Å². The van der Waals surface area contributed by atoms with Crippen molar-refractivity contribution in [1.82, 2.24) is 0 Å². The summed E-state index contributed by atoms with van der Waals surface area (Å²) < 4.78 is 21.8. The Kier molecular flexibility index (Phi) is 28.6. The smallest absolute Gasteiger partial charge is 0.331 e. The third kappa shape index (κ3) is 23.3. The van der Waals surface area contributed by atoms with E-state index < -0.39 is 55.4 Å². The molecule has 0 aliphatic carbocycles. The quantitative estimate of drug-likeness (QED) is 0.0258. The molecule has 0 amide bonds. The summed E-state index contributed by atoms with van der Waals surface area (Å²) in [7, 11) is 0. The molecule has 1 heterocycles. The summed E-state index contributed by atoms with van der Waals surface area (Å²) in [6.07, 6.45) is 24.0. The van der Waals surface area contributed by atoms with Crippen molar-refractivity contribution in [2.75, 3.05) is 19.8 Å². The molecule has 286 valence electrons. The summed E-state index contributed by atoms with van der Waals surface area (Å²) in [4.78, 5) is 25.0. The molecule has 2 unspecified atom stereocenters. The van der Waals surface area contributed by atoms with Gasteiger partial charge in [-0.3, -0.25) is 4.79 Å². The molecule has 0 spiro atoms. The zero-order chi connectivity index (χ0) is 36.0. The molecule has 1 saturated heterocycles. The summed E-state index contributed by atoms with van der Waals surface area (Å²) in [5.41, 5.74) is 0. The molecular weight excluding hydrogens is 628 g/mol. The molecule has 0 aromatic rings.